The summed E-state index contributed by atoms with van der Waals surface area (Å²) in [5.41, 5.74) is 1.79. The van der Waals surface area contributed by atoms with Crippen LogP contribution in [0.25, 0.3) is 0 Å². The monoisotopic (exact) mass is 400 g/mol. The van der Waals surface area contributed by atoms with E-state index in [-0.39, 0.29) is 31.1 Å². The van der Waals surface area contributed by atoms with Crippen LogP contribution in [0, 0.1) is 0 Å². The molecule has 4 amide bonds. The molecule has 0 aromatic heterocycles. The number of nitrogens with one attached hydrogen (secondary N) is 2. The van der Waals surface area contributed by atoms with Crippen molar-refractivity contribution in [3.63, 3.8) is 0 Å². The second-order valence-corrected chi connectivity index (χ2v) is 7.94. The van der Waals surface area contributed by atoms with Gasteiger partial charge in [0, 0.05) is 13.1 Å². The van der Waals surface area contributed by atoms with E-state index < -0.39 is 17.7 Å². The Hall–Kier alpha value is -2.07. The zero-order chi connectivity index (χ0) is 20.7. The number of hydroxylamine groups is 3. The van der Waals surface area contributed by atoms with Crippen LogP contribution in [0.2, 0.25) is 0 Å². The number of rotatable bonds is 9. The summed E-state index contributed by atoms with van der Waals surface area (Å²) in [6, 6.07) is -0.861. The summed E-state index contributed by atoms with van der Waals surface area (Å²) >= 11 is 0. The number of urea groups is 1. The molecule has 2 bridgehead atoms. The van der Waals surface area contributed by atoms with Crippen molar-refractivity contribution in [2.75, 3.05) is 26.3 Å². The number of hydrogen-bond donors (Lipinski definition) is 2. The summed E-state index contributed by atoms with van der Waals surface area (Å²) in [6.45, 7) is 8.61. The van der Waals surface area contributed by atoms with Gasteiger partial charge in [0.15, 0.2) is 0 Å². The van der Waals surface area contributed by atoms with Crippen molar-refractivity contribution in [1.82, 2.24) is 20.8 Å². The van der Waals surface area contributed by atoms with Crippen LogP contribution in [0.15, 0.2) is 0 Å². The molecule has 2 atom stereocenters. The second-order valence-electron chi connectivity index (χ2n) is 7.94. The van der Waals surface area contributed by atoms with E-state index in [2.05, 4.69) is 17.7 Å². The predicted octanol–water partition coefficient (Wildman–Crippen LogP) is 1.56. The van der Waals surface area contributed by atoms with Crippen LogP contribution in [0.5, 0.6) is 0 Å². The van der Waals surface area contributed by atoms with Crippen molar-refractivity contribution in [2.45, 2.75) is 71.1 Å². The molecule has 10 heteroatoms. The predicted molar refractivity (Wildman–Crippen MR) is 99.9 cm³/mol. The molecule has 10 nitrogen and oxygen atoms in total. The lowest BCUT2D eigenvalue weighted by molar-refractivity contribution is -0.138. The smallest absolute Gasteiger partial charge is 0.407 e. The number of carbonyl (C=O) groups is 3. The number of carbonyl (C=O) groups excluding carboxylic acids is 3. The van der Waals surface area contributed by atoms with Gasteiger partial charge in [0.05, 0.1) is 19.3 Å². The maximum atomic E-state index is 12.5. The molecule has 2 saturated heterocycles. The molecule has 2 heterocycles. The third-order valence-corrected chi connectivity index (χ3v) is 4.40. The quantitative estimate of drug-likeness (QED) is 0.449. The highest BCUT2D eigenvalue weighted by Crippen LogP contribution is 2.30. The number of alkyl carbamates (subject to hydrolysis) is 1. The molecule has 2 fully saturated rings. The fraction of sp³-hybridized carbons (Fsp3) is 0.833. The minimum Gasteiger partial charge on any atom is -0.444 e. The average Bonchev–Trinajstić information content (AvgIpc) is 2.84. The van der Waals surface area contributed by atoms with Gasteiger partial charge >= 0.3 is 12.1 Å². The van der Waals surface area contributed by atoms with E-state index in [1.165, 1.54) is 9.96 Å². The van der Waals surface area contributed by atoms with E-state index in [9.17, 15) is 14.4 Å². The first-order chi connectivity index (χ1) is 13.2. The molecular formula is C18H32N4O6. The van der Waals surface area contributed by atoms with Gasteiger partial charge in [-0.25, -0.2) is 15.1 Å². The van der Waals surface area contributed by atoms with Gasteiger partial charge < -0.3 is 15.0 Å². The van der Waals surface area contributed by atoms with Gasteiger partial charge in [-0.1, -0.05) is 13.3 Å². The van der Waals surface area contributed by atoms with Crippen molar-refractivity contribution >= 4 is 18.0 Å². The summed E-state index contributed by atoms with van der Waals surface area (Å²) in [5, 5.41) is 3.94. The number of amides is 4. The second kappa shape index (κ2) is 9.92. The highest BCUT2D eigenvalue weighted by molar-refractivity contribution is 5.88. The van der Waals surface area contributed by atoms with E-state index in [4.69, 9.17) is 14.4 Å². The van der Waals surface area contributed by atoms with E-state index in [0.29, 0.717) is 26.0 Å². The van der Waals surface area contributed by atoms with Gasteiger partial charge in [0.2, 0.25) is 0 Å². The van der Waals surface area contributed by atoms with Gasteiger partial charge in [0.1, 0.15) is 11.6 Å². The fourth-order valence-electron chi connectivity index (χ4n) is 3.09. The summed E-state index contributed by atoms with van der Waals surface area (Å²) in [4.78, 5) is 48.6. The Balaban J connectivity index is 1.69. The van der Waals surface area contributed by atoms with E-state index in [1.807, 2.05) is 0 Å². The first kappa shape index (κ1) is 22.2. The molecule has 0 aliphatic carbocycles. The minimum atomic E-state index is -0.581. The van der Waals surface area contributed by atoms with Crippen LogP contribution in [0.3, 0.4) is 0 Å². The van der Waals surface area contributed by atoms with Gasteiger partial charge in [-0.15, -0.1) is 0 Å². The molecule has 0 radical (unpaired) electrons. The summed E-state index contributed by atoms with van der Waals surface area (Å²) in [7, 11) is 0. The van der Waals surface area contributed by atoms with Crippen molar-refractivity contribution in [3.8, 4) is 0 Å². The molecule has 2 rings (SSSR count). The van der Waals surface area contributed by atoms with Crippen LogP contribution >= 0.6 is 0 Å². The Bertz CT molecular complexity index is 565. The van der Waals surface area contributed by atoms with Crippen molar-refractivity contribution < 1.29 is 28.8 Å². The Morgan fingerprint density at radius 2 is 1.96 bits per heavy atom. The molecular weight excluding hydrogens is 368 g/mol. The maximum Gasteiger partial charge on any atom is 0.407 e. The summed E-state index contributed by atoms with van der Waals surface area (Å²) < 4.78 is 5.10. The lowest BCUT2D eigenvalue weighted by atomic mass is 10.0. The molecule has 0 aromatic rings. The number of fused-ring (bicyclic) bond motifs is 2. The number of nitrogens with zero attached hydrogens (tertiary/aromatic N) is 2. The van der Waals surface area contributed by atoms with Crippen LogP contribution in [-0.2, 0) is 19.2 Å². The molecule has 2 aliphatic rings. The zero-order valence-corrected chi connectivity index (χ0v) is 17.2. The highest BCUT2D eigenvalue weighted by Gasteiger charge is 2.47. The lowest BCUT2D eigenvalue weighted by Gasteiger charge is -2.29. The number of hydrogen-bond acceptors (Lipinski definition) is 6. The number of ether oxygens (including phenoxy) is 1. The van der Waals surface area contributed by atoms with Gasteiger partial charge in [-0.05, 0) is 40.0 Å². The van der Waals surface area contributed by atoms with Crippen molar-refractivity contribution in [2.24, 2.45) is 0 Å². The maximum absolute atomic E-state index is 12.5. The third kappa shape index (κ3) is 6.23. The largest absolute Gasteiger partial charge is 0.444 e. The van der Waals surface area contributed by atoms with Crippen LogP contribution in [-0.4, -0.2) is 72.0 Å². The van der Waals surface area contributed by atoms with Crippen molar-refractivity contribution in [3.05, 3.63) is 0 Å². The SMILES string of the molecule is CCCCON1C(=O)N2C[C@@H]1CC[C@H]2C(=O)NOCCNC(=O)OC(C)(C)C. The third-order valence-electron chi connectivity index (χ3n) is 4.40. The normalized spacial score (nSPS) is 21.6. The van der Waals surface area contributed by atoms with Crippen LogP contribution < -0.4 is 10.8 Å². The van der Waals surface area contributed by atoms with Gasteiger partial charge in [0.25, 0.3) is 5.91 Å². The Labute approximate surface area is 165 Å². The zero-order valence-electron chi connectivity index (χ0n) is 17.2. The van der Waals surface area contributed by atoms with Crippen LogP contribution in [0.4, 0.5) is 9.59 Å². The number of piperidine rings is 1. The van der Waals surface area contributed by atoms with Crippen molar-refractivity contribution in [1.29, 1.82) is 0 Å². The summed E-state index contributed by atoms with van der Waals surface area (Å²) in [6.07, 6.45) is 2.57. The minimum absolute atomic E-state index is 0.00708. The van der Waals surface area contributed by atoms with Gasteiger partial charge in [-0.3, -0.25) is 14.5 Å². The molecule has 0 spiro atoms. The first-order valence-corrected chi connectivity index (χ1v) is 9.84. The van der Waals surface area contributed by atoms with E-state index >= 15 is 0 Å². The topological polar surface area (TPSA) is 109 Å². The van der Waals surface area contributed by atoms with E-state index in [0.717, 1.165) is 12.8 Å². The molecule has 2 aliphatic heterocycles. The standard InChI is InChI=1S/C18H32N4O6/c1-5-6-10-27-22-13-7-8-14(21(12-13)17(22)25)15(23)20-26-11-9-19-16(24)28-18(2,3)4/h13-14H,5-12H2,1-4H3,(H,19,24)(H,20,23)/t13-,14-/m0/s1. The molecule has 28 heavy (non-hydrogen) atoms. The number of unbranched alkanes of at least 4 members (excludes halogenated alkanes) is 1. The molecule has 0 saturated carbocycles. The molecule has 0 aromatic carbocycles. The van der Waals surface area contributed by atoms with Crippen LogP contribution in [0.1, 0.15) is 53.4 Å². The first-order valence-electron chi connectivity index (χ1n) is 9.84. The Kier molecular flexibility index (Phi) is 7.88. The molecule has 2 N–H and O–H groups in total. The van der Waals surface area contributed by atoms with E-state index in [1.54, 1.807) is 20.8 Å². The lowest BCUT2D eigenvalue weighted by Crippen LogP contribution is -2.50. The average molecular weight is 400 g/mol. The highest BCUT2D eigenvalue weighted by atomic mass is 16.7. The van der Waals surface area contributed by atoms with Gasteiger partial charge in [-0.2, -0.15) is 5.06 Å². The Morgan fingerprint density at radius 3 is 2.64 bits per heavy atom. The fourth-order valence-corrected chi connectivity index (χ4v) is 3.09. The summed E-state index contributed by atoms with van der Waals surface area (Å²) in [5.74, 6) is -0.375. The molecule has 0 unspecified atom stereocenters. The molecule has 160 valence electrons. The Morgan fingerprint density at radius 1 is 1.21 bits per heavy atom.